The van der Waals surface area contributed by atoms with Crippen molar-refractivity contribution in [3.63, 3.8) is 0 Å². The van der Waals surface area contributed by atoms with E-state index in [9.17, 15) is 18.0 Å². The third kappa shape index (κ3) is 7.58. The Labute approximate surface area is 243 Å². The highest BCUT2D eigenvalue weighted by Crippen LogP contribution is 2.33. The Morgan fingerprint density at radius 3 is 2.12 bits per heavy atom. The lowest BCUT2D eigenvalue weighted by Crippen LogP contribution is -2.53. The van der Waals surface area contributed by atoms with E-state index in [0.717, 1.165) is 15.4 Å². The molecule has 3 aromatic rings. The van der Waals surface area contributed by atoms with Gasteiger partial charge in [-0.05, 0) is 74.7 Å². The molecule has 3 rings (SSSR count). The number of hydrogen-bond acceptors (Lipinski definition) is 6. The van der Waals surface area contributed by atoms with Crippen molar-refractivity contribution >= 4 is 27.5 Å². The van der Waals surface area contributed by atoms with Crippen molar-refractivity contribution in [3.05, 3.63) is 83.9 Å². The number of anilines is 1. The number of methoxy groups -OCH3 is 2. The first-order chi connectivity index (χ1) is 19.5. The van der Waals surface area contributed by atoms with Crippen LogP contribution in [0.4, 0.5) is 5.69 Å². The minimum absolute atomic E-state index is 0.0212. The number of ether oxygens (including phenoxy) is 2. The van der Waals surface area contributed by atoms with Crippen LogP contribution >= 0.6 is 0 Å². The summed E-state index contributed by atoms with van der Waals surface area (Å²) in [6.45, 7) is 7.05. The molecule has 2 amide bonds. The molecule has 0 unspecified atom stereocenters. The van der Waals surface area contributed by atoms with Crippen molar-refractivity contribution in [2.45, 2.75) is 57.6 Å². The summed E-state index contributed by atoms with van der Waals surface area (Å²) in [5.41, 5.74) is 2.02. The number of nitrogens with one attached hydrogen (secondary N) is 1. The molecule has 0 saturated heterocycles. The molecule has 0 radical (unpaired) electrons. The van der Waals surface area contributed by atoms with Gasteiger partial charge in [0.2, 0.25) is 11.8 Å². The van der Waals surface area contributed by atoms with Crippen LogP contribution in [0.15, 0.2) is 77.7 Å². The SMILES string of the molecule is CC[C@H](C(=O)NC(C)C)N(Cc1ccccc1C)C(=O)CN(c1ccccc1OC)S(=O)(=O)c1ccc(OC)cc1. The summed E-state index contributed by atoms with van der Waals surface area (Å²) in [5, 5.41) is 2.90. The van der Waals surface area contributed by atoms with Gasteiger partial charge in [0, 0.05) is 12.6 Å². The van der Waals surface area contributed by atoms with Gasteiger partial charge in [-0.1, -0.05) is 43.3 Å². The molecule has 9 nitrogen and oxygen atoms in total. The Bertz CT molecular complexity index is 1440. The van der Waals surface area contributed by atoms with Crippen LogP contribution in [-0.2, 0) is 26.2 Å². The Morgan fingerprint density at radius 2 is 1.54 bits per heavy atom. The Balaban J connectivity index is 2.11. The van der Waals surface area contributed by atoms with Gasteiger partial charge in [0.25, 0.3) is 10.0 Å². The molecule has 0 heterocycles. The van der Waals surface area contributed by atoms with Gasteiger partial charge < -0.3 is 19.7 Å². The highest BCUT2D eigenvalue weighted by Gasteiger charge is 2.35. The van der Waals surface area contributed by atoms with Crippen LogP contribution in [0.25, 0.3) is 0 Å². The maximum absolute atomic E-state index is 14.2. The van der Waals surface area contributed by atoms with E-state index in [1.165, 1.54) is 31.3 Å². The maximum atomic E-state index is 14.2. The van der Waals surface area contributed by atoms with Gasteiger partial charge >= 0.3 is 0 Å². The fraction of sp³-hybridized carbons (Fsp3) is 0.355. The van der Waals surface area contributed by atoms with Crippen LogP contribution in [0.2, 0.25) is 0 Å². The summed E-state index contributed by atoms with van der Waals surface area (Å²) in [4.78, 5) is 28.9. The average molecular weight is 582 g/mol. The Kier molecular flexibility index (Phi) is 10.8. The first-order valence-corrected chi connectivity index (χ1v) is 14.9. The minimum Gasteiger partial charge on any atom is -0.497 e. The van der Waals surface area contributed by atoms with E-state index in [4.69, 9.17) is 9.47 Å². The van der Waals surface area contributed by atoms with Crippen LogP contribution in [0, 0.1) is 6.92 Å². The predicted octanol–water partition coefficient (Wildman–Crippen LogP) is 4.54. The second-order valence-corrected chi connectivity index (χ2v) is 11.8. The van der Waals surface area contributed by atoms with Gasteiger partial charge in [0.1, 0.15) is 24.1 Å². The van der Waals surface area contributed by atoms with Crippen molar-refractivity contribution in [1.29, 1.82) is 0 Å². The monoisotopic (exact) mass is 581 g/mol. The summed E-state index contributed by atoms with van der Waals surface area (Å²) in [6, 6.07) is 19.2. The number of para-hydroxylation sites is 2. The van der Waals surface area contributed by atoms with Gasteiger partial charge in [0.05, 0.1) is 24.8 Å². The summed E-state index contributed by atoms with van der Waals surface area (Å²) in [7, 11) is -1.31. The second-order valence-electron chi connectivity index (χ2n) is 9.89. The smallest absolute Gasteiger partial charge is 0.264 e. The second kappa shape index (κ2) is 14.0. The van der Waals surface area contributed by atoms with Crippen molar-refractivity contribution in [2.24, 2.45) is 0 Å². The highest BCUT2D eigenvalue weighted by molar-refractivity contribution is 7.92. The first-order valence-electron chi connectivity index (χ1n) is 13.5. The predicted molar refractivity (Wildman–Crippen MR) is 160 cm³/mol. The molecule has 0 spiro atoms. The van der Waals surface area contributed by atoms with E-state index < -0.39 is 28.5 Å². The van der Waals surface area contributed by atoms with E-state index >= 15 is 0 Å². The highest BCUT2D eigenvalue weighted by atomic mass is 32.2. The van der Waals surface area contributed by atoms with E-state index in [0.29, 0.717) is 12.2 Å². The molecule has 0 aromatic heterocycles. The van der Waals surface area contributed by atoms with Crippen molar-refractivity contribution in [1.82, 2.24) is 10.2 Å². The Morgan fingerprint density at radius 1 is 0.902 bits per heavy atom. The Hall–Kier alpha value is -4.05. The lowest BCUT2D eigenvalue weighted by molar-refractivity contribution is -0.140. The number of hydrogen-bond donors (Lipinski definition) is 1. The molecule has 41 heavy (non-hydrogen) atoms. The molecule has 0 aliphatic heterocycles. The molecular formula is C31H39N3O6S. The normalized spacial score (nSPS) is 12.0. The number of nitrogens with zero attached hydrogens (tertiary/aromatic N) is 2. The van der Waals surface area contributed by atoms with Gasteiger partial charge in [-0.15, -0.1) is 0 Å². The zero-order chi connectivity index (χ0) is 30.2. The lowest BCUT2D eigenvalue weighted by atomic mass is 10.1. The number of benzene rings is 3. The molecule has 0 saturated carbocycles. The number of amides is 2. The van der Waals surface area contributed by atoms with Crippen molar-refractivity contribution < 1.29 is 27.5 Å². The van der Waals surface area contributed by atoms with Gasteiger partial charge in [-0.3, -0.25) is 13.9 Å². The third-order valence-electron chi connectivity index (χ3n) is 6.70. The standard InChI is InChI=1S/C31H39N3O6S/c1-7-27(31(36)32-22(2)3)33(20-24-13-9-8-12-23(24)4)30(35)21-34(28-14-10-11-15-29(28)40-6)41(37,38)26-18-16-25(39-5)17-19-26/h8-19,22,27H,7,20-21H2,1-6H3,(H,32,36)/t27-/m1/s1. The molecular weight excluding hydrogens is 542 g/mol. The minimum atomic E-state index is -4.24. The summed E-state index contributed by atoms with van der Waals surface area (Å²) in [5.74, 6) is -0.0454. The van der Waals surface area contributed by atoms with Gasteiger partial charge in [0.15, 0.2) is 0 Å². The van der Waals surface area contributed by atoms with Crippen molar-refractivity contribution in [2.75, 3.05) is 25.1 Å². The lowest BCUT2D eigenvalue weighted by Gasteiger charge is -2.34. The first kappa shape index (κ1) is 31.5. The third-order valence-corrected chi connectivity index (χ3v) is 8.47. The number of sulfonamides is 1. The zero-order valence-corrected chi connectivity index (χ0v) is 25.3. The largest absolute Gasteiger partial charge is 0.497 e. The number of rotatable bonds is 13. The van der Waals surface area contributed by atoms with Crippen LogP contribution in [0.3, 0.4) is 0 Å². The molecule has 1 atom stereocenters. The molecule has 0 fully saturated rings. The fourth-order valence-corrected chi connectivity index (χ4v) is 5.92. The number of carbonyl (C=O) groups excluding carboxylic acids is 2. The summed E-state index contributed by atoms with van der Waals surface area (Å²) < 4.78 is 39.8. The number of aryl methyl sites for hydroxylation is 1. The molecule has 0 bridgehead atoms. The molecule has 0 aliphatic carbocycles. The van der Waals surface area contributed by atoms with E-state index in [1.54, 1.807) is 36.4 Å². The molecule has 0 aliphatic rings. The summed E-state index contributed by atoms with van der Waals surface area (Å²) in [6.07, 6.45) is 0.343. The quantitative estimate of drug-likeness (QED) is 0.318. The molecule has 3 aromatic carbocycles. The van der Waals surface area contributed by atoms with Crippen LogP contribution < -0.4 is 19.1 Å². The van der Waals surface area contributed by atoms with Gasteiger partial charge in [-0.2, -0.15) is 0 Å². The van der Waals surface area contributed by atoms with Crippen LogP contribution in [0.1, 0.15) is 38.3 Å². The van der Waals surface area contributed by atoms with E-state index in [-0.39, 0.29) is 34.8 Å². The average Bonchev–Trinajstić information content (AvgIpc) is 2.96. The molecule has 220 valence electrons. The fourth-order valence-electron chi connectivity index (χ4n) is 4.50. The van der Waals surface area contributed by atoms with E-state index in [2.05, 4.69) is 5.32 Å². The topological polar surface area (TPSA) is 105 Å². The molecule has 1 N–H and O–H groups in total. The van der Waals surface area contributed by atoms with E-state index in [1.807, 2.05) is 52.0 Å². The summed E-state index contributed by atoms with van der Waals surface area (Å²) >= 11 is 0. The van der Waals surface area contributed by atoms with Crippen LogP contribution in [0.5, 0.6) is 11.5 Å². The maximum Gasteiger partial charge on any atom is 0.264 e. The molecule has 10 heteroatoms. The zero-order valence-electron chi connectivity index (χ0n) is 24.5. The number of carbonyl (C=O) groups is 2. The van der Waals surface area contributed by atoms with Crippen LogP contribution in [-0.4, -0.2) is 58.0 Å². The van der Waals surface area contributed by atoms with Crippen molar-refractivity contribution in [3.8, 4) is 11.5 Å². The van der Waals surface area contributed by atoms with Gasteiger partial charge in [-0.25, -0.2) is 8.42 Å².